The van der Waals surface area contributed by atoms with Crippen molar-refractivity contribution in [1.29, 1.82) is 0 Å². The first kappa shape index (κ1) is 7.22. The van der Waals surface area contributed by atoms with Crippen molar-refractivity contribution in [1.82, 2.24) is 0 Å². The van der Waals surface area contributed by atoms with Gasteiger partial charge in [-0.1, -0.05) is 41.9 Å². The lowest BCUT2D eigenvalue weighted by atomic mass is 10.2. The molecule has 0 heterocycles. The molecule has 0 N–H and O–H groups in total. The molecule has 0 amide bonds. The maximum Gasteiger partial charge on any atom is 0.0212 e. The molecular formula is C6H11Br. The first-order chi connectivity index (χ1) is 3.27. The van der Waals surface area contributed by atoms with E-state index in [1.165, 1.54) is 0 Å². The summed E-state index contributed by atoms with van der Waals surface area (Å²) in [6.07, 6.45) is 4.29. The molecule has 0 rings (SSSR count). The van der Waals surface area contributed by atoms with Crippen LogP contribution in [0.2, 0.25) is 0 Å². The van der Waals surface area contributed by atoms with Crippen LogP contribution < -0.4 is 0 Å². The minimum Gasteiger partial charge on any atom is -0.0883 e. The van der Waals surface area contributed by atoms with Crippen molar-refractivity contribution >= 4 is 15.9 Å². The van der Waals surface area contributed by atoms with Crippen LogP contribution in [0.1, 0.15) is 13.8 Å². The van der Waals surface area contributed by atoms with Gasteiger partial charge >= 0.3 is 0 Å². The summed E-state index contributed by atoms with van der Waals surface area (Å²) in [7, 11) is 0. The predicted octanol–water partition coefficient (Wildman–Crippen LogP) is 2.59. The number of hydrogen-bond donors (Lipinski definition) is 0. The number of allylic oxidation sites excluding steroid dienone is 2. The molecule has 0 radical (unpaired) electrons. The van der Waals surface area contributed by atoms with Crippen LogP contribution in [0, 0.1) is 5.92 Å². The summed E-state index contributed by atoms with van der Waals surface area (Å²) in [4.78, 5) is 0. The van der Waals surface area contributed by atoms with Crippen molar-refractivity contribution in [2.75, 3.05) is 5.33 Å². The molecule has 0 aliphatic heterocycles. The van der Waals surface area contributed by atoms with Crippen molar-refractivity contribution in [3.63, 3.8) is 0 Å². The molecule has 0 bridgehead atoms. The number of hydrogen-bond acceptors (Lipinski definition) is 0. The molecule has 0 atom stereocenters. The van der Waals surface area contributed by atoms with Crippen LogP contribution >= 0.6 is 15.9 Å². The Morgan fingerprint density at radius 1 is 1.57 bits per heavy atom. The minimum absolute atomic E-state index is 0.692. The van der Waals surface area contributed by atoms with Crippen molar-refractivity contribution in [2.45, 2.75) is 13.8 Å². The molecule has 0 nitrogen and oxygen atoms in total. The van der Waals surface area contributed by atoms with Gasteiger partial charge in [0, 0.05) is 5.33 Å². The zero-order chi connectivity index (χ0) is 5.70. The van der Waals surface area contributed by atoms with Gasteiger partial charge in [-0.05, 0) is 5.92 Å². The summed E-state index contributed by atoms with van der Waals surface area (Å²) >= 11 is 3.29. The largest absolute Gasteiger partial charge is 0.0883 e. The molecule has 0 aromatic rings. The van der Waals surface area contributed by atoms with Crippen LogP contribution in [0.15, 0.2) is 12.2 Å². The van der Waals surface area contributed by atoms with Crippen LogP contribution in [-0.4, -0.2) is 5.33 Å². The van der Waals surface area contributed by atoms with E-state index in [0.29, 0.717) is 5.92 Å². The quantitative estimate of drug-likeness (QED) is 0.433. The fourth-order valence-electron chi connectivity index (χ4n) is 0.324. The van der Waals surface area contributed by atoms with E-state index >= 15 is 0 Å². The molecule has 0 fully saturated rings. The Balaban J connectivity index is 3.08. The van der Waals surface area contributed by atoms with Gasteiger partial charge in [0.1, 0.15) is 0 Å². The SMILES string of the molecule is CC(C)/C=C/CBr. The molecule has 0 unspecified atom stereocenters. The second kappa shape index (κ2) is 4.38. The molecule has 0 spiro atoms. The van der Waals surface area contributed by atoms with Gasteiger partial charge < -0.3 is 0 Å². The van der Waals surface area contributed by atoms with Gasteiger partial charge in [-0.15, -0.1) is 0 Å². The highest BCUT2D eigenvalue weighted by atomic mass is 79.9. The first-order valence-electron chi connectivity index (χ1n) is 2.50. The van der Waals surface area contributed by atoms with Crippen molar-refractivity contribution in [3.05, 3.63) is 12.2 Å². The van der Waals surface area contributed by atoms with Gasteiger partial charge in [0.2, 0.25) is 0 Å². The fraction of sp³-hybridized carbons (Fsp3) is 0.667. The third-order valence-electron chi connectivity index (χ3n) is 0.610. The van der Waals surface area contributed by atoms with Crippen LogP contribution in [0.25, 0.3) is 0 Å². The van der Waals surface area contributed by atoms with E-state index < -0.39 is 0 Å². The van der Waals surface area contributed by atoms with E-state index in [1.54, 1.807) is 0 Å². The number of halogens is 1. The minimum atomic E-state index is 0.692. The van der Waals surface area contributed by atoms with Crippen LogP contribution in [0.4, 0.5) is 0 Å². The van der Waals surface area contributed by atoms with E-state index in [0.717, 1.165) is 5.33 Å². The highest BCUT2D eigenvalue weighted by molar-refractivity contribution is 9.09. The first-order valence-corrected chi connectivity index (χ1v) is 3.62. The molecule has 42 valence electrons. The van der Waals surface area contributed by atoms with Crippen LogP contribution in [-0.2, 0) is 0 Å². The molecule has 0 aromatic heterocycles. The molecule has 7 heavy (non-hydrogen) atoms. The van der Waals surface area contributed by atoms with Gasteiger partial charge in [0.05, 0.1) is 0 Å². The summed E-state index contributed by atoms with van der Waals surface area (Å²) < 4.78 is 0. The maximum atomic E-state index is 3.29. The Kier molecular flexibility index (Phi) is 4.52. The second-order valence-corrected chi connectivity index (χ2v) is 2.47. The highest BCUT2D eigenvalue weighted by Crippen LogP contribution is 1.93. The van der Waals surface area contributed by atoms with Crippen molar-refractivity contribution in [2.24, 2.45) is 5.92 Å². The Bertz CT molecular complexity index is 55.2. The van der Waals surface area contributed by atoms with Crippen LogP contribution in [0.3, 0.4) is 0 Å². The lowest BCUT2D eigenvalue weighted by Crippen LogP contribution is -1.75. The van der Waals surface area contributed by atoms with Gasteiger partial charge in [0.25, 0.3) is 0 Å². The summed E-state index contributed by atoms with van der Waals surface area (Å²) in [5, 5.41) is 0.977. The van der Waals surface area contributed by atoms with Gasteiger partial charge in [-0.25, -0.2) is 0 Å². The Morgan fingerprint density at radius 3 is 2.29 bits per heavy atom. The summed E-state index contributed by atoms with van der Waals surface area (Å²) in [6.45, 7) is 4.33. The highest BCUT2D eigenvalue weighted by Gasteiger charge is 1.78. The average molecular weight is 163 g/mol. The van der Waals surface area contributed by atoms with E-state index in [-0.39, 0.29) is 0 Å². The molecule has 0 aliphatic rings. The van der Waals surface area contributed by atoms with E-state index in [4.69, 9.17) is 0 Å². The van der Waals surface area contributed by atoms with Crippen molar-refractivity contribution < 1.29 is 0 Å². The summed E-state index contributed by atoms with van der Waals surface area (Å²) in [5.74, 6) is 0.692. The molecular weight excluding hydrogens is 152 g/mol. The molecule has 0 aliphatic carbocycles. The van der Waals surface area contributed by atoms with Gasteiger partial charge in [-0.3, -0.25) is 0 Å². The summed E-state index contributed by atoms with van der Waals surface area (Å²) in [6, 6.07) is 0. The zero-order valence-electron chi connectivity index (χ0n) is 4.82. The normalized spacial score (nSPS) is 11.4. The zero-order valence-corrected chi connectivity index (χ0v) is 6.40. The lowest BCUT2D eigenvalue weighted by molar-refractivity contribution is 0.830. The fourth-order valence-corrected chi connectivity index (χ4v) is 0.539. The Morgan fingerprint density at radius 2 is 2.14 bits per heavy atom. The van der Waals surface area contributed by atoms with Crippen LogP contribution in [0.5, 0.6) is 0 Å². The molecule has 1 heteroatoms. The van der Waals surface area contributed by atoms with E-state index in [2.05, 4.69) is 41.9 Å². The standard InChI is InChI=1S/C6H11Br/c1-6(2)4-3-5-7/h3-4,6H,5H2,1-2H3/b4-3+. The second-order valence-electron chi connectivity index (χ2n) is 1.83. The van der Waals surface area contributed by atoms with E-state index in [9.17, 15) is 0 Å². The predicted molar refractivity (Wildman–Crippen MR) is 37.8 cm³/mol. The van der Waals surface area contributed by atoms with Crippen molar-refractivity contribution in [3.8, 4) is 0 Å². The summed E-state index contributed by atoms with van der Waals surface area (Å²) in [5.41, 5.74) is 0. The third kappa shape index (κ3) is 6.22. The van der Waals surface area contributed by atoms with Gasteiger partial charge in [-0.2, -0.15) is 0 Å². The van der Waals surface area contributed by atoms with E-state index in [1.807, 2.05) is 0 Å². The Labute approximate surface area is 53.7 Å². The maximum absolute atomic E-state index is 3.29. The monoisotopic (exact) mass is 162 g/mol. The average Bonchev–Trinajstić information content (AvgIpc) is 1.61. The lowest BCUT2D eigenvalue weighted by Gasteiger charge is -1.88. The molecule has 0 saturated heterocycles. The third-order valence-corrected chi connectivity index (χ3v) is 0.984. The number of alkyl halides is 1. The smallest absolute Gasteiger partial charge is 0.0212 e. The molecule has 0 aromatic carbocycles. The topological polar surface area (TPSA) is 0 Å². The molecule has 0 saturated carbocycles. The number of rotatable bonds is 2. The Hall–Kier alpha value is 0.220. The van der Waals surface area contributed by atoms with Gasteiger partial charge in [0.15, 0.2) is 0 Å².